The van der Waals surface area contributed by atoms with Crippen molar-refractivity contribution in [1.29, 1.82) is 0 Å². The van der Waals surface area contributed by atoms with E-state index < -0.39 is 0 Å². The third-order valence-electron chi connectivity index (χ3n) is 1.97. The van der Waals surface area contributed by atoms with E-state index in [1.54, 1.807) is 23.1 Å². The Kier molecular flexibility index (Phi) is 1.69. The molecule has 0 unspecified atom stereocenters. The van der Waals surface area contributed by atoms with Gasteiger partial charge in [0.1, 0.15) is 10.8 Å². The largest absolute Gasteiger partial charge is 0.382 e. The fourth-order valence-corrected chi connectivity index (χ4v) is 2.20. The third-order valence-corrected chi connectivity index (χ3v) is 2.94. The number of nitrogens with two attached hydrogens (primary N) is 1. The van der Waals surface area contributed by atoms with Crippen molar-refractivity contribution in [2.45, 2.75) is 0 Å². The normalized spacial score (nSPS) is 10.9. The molecule has 3 aromatic heterocycles. The number of rotatable bonds is 1. The maximum atomic E-state index is 5.55. The van der Waals surface area contributed by atoms with E-state index >= 15 is 0 Å². The molecule has 0 saturated heterocycles. The van der Waals surface area contributed by atoms with Crippen molar-refractivity contribution in [1.82, 2.24) is 19.6 Å². The summed E-state index contributed by atoms with van der Waals surface area (Å²) in [6, 6.07) is 3.85. The summed E-state index contributed by atoms with van der Waals surface area (Å²) in [5, 5.41) is 5.25. The highest BCUT2D eigenvalue weighted by atomic mass is 32.1. The maximum Gasteiger partial charge on any atom is 0.214 e. The van der Waals surface area contributed by atoms with E-state index in [9.17, 15) is 0 Å². The van der Waals surface area contributed by atoms with E-state index in [-0.39, 0.29) is 0 Å². The van der Waals surface area contributed by atoms with Crippen molar-refractivity contribution in [3.63, 3.8) is 0 Å². The molecule has 0 saturated carbocycles. The lowest BCUT2D eigenvalue weighted by atomic mass is 10.3. The zero-order chi connectivity index (χ0) is 10.3. The van der Waals surface area contributed by atoms with Crippen LogP contribution in [0.5, 0.6) is 0 Å². The smallest absolute Gasteiger partial charge is 0.214 e. The van der Waals surface area contributed by atoms with E-state index in [0.29, 0.717) is 5.82 Å². The molecule has 0 aliphatic rings. The molecule has 0 aromatic carbocycles. The van der Waals surface area contributed by atoms with E-state index in [1.807, 2.05) is 12.1 Å². The molecule has 15 heavy (non-hydrogen) atoms. The molecule has 0 aliphatic heterocycles. The van der Waals surface area contributed by atoms with Crippen LogP contribution in [0.15, 0.2) is 30.7 Å². The summed E-state index contributed by atoms with van der Waals surface area (Å²) in [5.41, 5.74) is 6.54. The zero-order valence-corrected chi connectivity index (χ0v) is 8.48. The van der Waals surface area contributed by atoms with Gasteiger partial charge < -0.3 is 5.73 Å². The number of hydrogen-bond donors (Lipinski definition) is 1. The third kappa shape index (κ3) is 1.35. The van der Waals surface area contributed by atoms with Crippen LogP contribution in [0, 0.1) is 0 Å². The van der Waals surface area contributed by atoms with Crippen molar-refractivity contribution in [3.05, 3.63) is 30.7 Å². The van der Waals surface area contributed by atoms with Gasteiger partial charge in [-0.25, -0.2) is 9.50 Å². The average Bonchev–Trinajstić information content (AvgIpc) is 2.76. The fraction of sp³-hybridized carbons (Fsp3) is 0. The fourth-order valence-electron chi connectivity index (χ4n) is 1.32. The van der Waals surface area contributed by atoms with Gasteiger partial charge in [0.2, 0.25) is 4.96 Å². The first-order valence-electron chi connectivity index (χ1n) is 4.35. The van der Waals surface area contributed by atoms with Crippen LogP contribution in [0.4, 0.5) is 5.82 Å². The minimum absolute atomic E-state index is 0.492. The zero-order valence-electron chi connectivity index (χ0n) is 7.66. The van der Waals surface area contributed by atoms with Gasteiger partial charge in [-0.2, -0.15) is 5.10 Å². The van der Waals surface area contributed by atoms with Crippen LogP contribution in [0.25, 0.3) is 15.5 Å². The van der Waals surface area contributed by atoms with Crippen LogP contribution in [-0.2, 0) is 0 Å². The highest BCUT2D eigenvalue weighted by Gasteiger charge is 2.07. The van der Waals surface area contributed by atoms with Gasteiger partial charge in [0.25, 0.3) is 0 Å². The summed E-state index contributed by atoms with van der Waals surface area (Å²) in [6.07, 6.45) is 5.22. The van der Waals surface area contributed by atoms with Gasteiger partial charge in [0.05, 0.1) is 6.20 Å². The number of aromatic nitrogens is 4. The van der Waals surface area contributed by atoms with Crippen LogP contribution in [0.1, 0.15) is 0 Å². The first kappa shape index (κ1) is 8.37. The second-order valence-electron chi connectivity index (χ2n) is 3.04. The molecular weight excluding hydrogens is 210 g/mol. The second kappa shape index (κ2) is 3.03. The molecule has 74 valence electrons. The van der Waals surface area contributed by atoms with Crippen molar-refractivity contribution in [2.75, 3.05) is 5.73 Å². The second-order valence-corrected chi connectivity index (χ2v) is 4.00. The lowest BCUT2D eigenvalue weighted by molar-refractivity contribution is 0.978. The summed E-state index contributed by atoms with van der Waals surface area (Å²) in [4.78, 5) is 8.98. The molecule has 0 bridgehead atoms. The van der Waals surface area contributed by atoms with Gasteiger partial charge in [0.15, 0.2) is 0 Å². The Balaban J connectivity index is 2.16. The lowest BCUT2D eigenvalue weighted by Crippen LogP contribution is -1.84. The monoisotopic (exact) mass is 217 g/mol. The molecule has 0 spiro atoms. The van der Waals surface area contributed by atoms with Crippen molar-refractivity contribution in [3.8, 4) is 10.6 Å². The van der Waals surface area contributed by atoms with Gasteiger partial charge in [-0.1, -0.05) is 11.3 Å². The minimum atomic E-state index is 0.492. The first-order chi connectivity index (χ1) is 7.33. The molecule has 3 rings (SSSR count). The quantitative estimate of drug-likeness (QED) is 0.669. The first-order valence-corrected chi connectivity index (χ1v) is 5.17. The Labute approximate surface area is 89.2 Å². The van der Waals surface area contributed by atoms with Gasteiger partial charge in [-0.05, 0) is 12.1 Å². The molecule has 2 N–H and O–H groups in total. The average molecular weight is 217 g/mol. The number of fused-ring (bicyclic) bond motifs is 1. The summed E-state index contributed by atoms with van der Waals surface area (Å²) in [5.74, 6) is 0.492. The molecule has 0 amide bonds. The number of imidazole rings is 1. The van der Waals surface area contributed by atoms with E-state index in [0.717, 1.165) is 15.5 Å². The standard InChI is InChI=1S/C9H7N5S/c10-7-5-14-9(12-7)15-8(13-14)6-2-1-3-11-4-6/h1-5H,10H2. The van der Waals surface area contributed by atoms with E-state index in [1.165, 1.54) is 11.3 Å². The minimum Gasteiger partial charge on any atom is -0.382 e. The van der Waals surface area contributed by atoms with Gasteiger partial charge >= 0.3 is 0 Å². The summed E-state index contributed by atoms with van der Waals surface area (Å²) >= 11 is 1.49. The van der Waals surface area contributed by atoms with Gasteiger partial charge in [-0.3, -0.25) is 4.98 Å². The van der Waals surface area contributed by atoms with Crippen molar-refractivity contribution < 1.29 is 0 Å². The predicted octanol–water partition coefficient (Wildman–Crippen LogP) is 1.44. The number of pyridine rings is 1. The number of hydrogen-bond acceptors (Lipinski definition) is 5. The number of nitrogens with zero attached hydrogens (tertiary/aromatic N) is 4. The molecule has 3 aromatic rings. The lowest BCUT2D eigenvalue weighted by Gasteiger charge is -1.91. The Hall–Kier alpha value is -1.95. The van der Waals surface area contributed by atoms with Crippen molar-refractivity contribution in [2.24, 2.45) is 0 Å². The van der Waals surface area contributed by atoms with Crippen LogP contribution in [0.3, 0.4) is 0 Å². The molecule has 0 aliphatic carbocycles. The Morgan fingerprint density at radius 2 is 2.33 bits per heavy atom. The van der Waals surface area contributed by atoms with Crippen LogP contribution < -0.4 is 5.73 Å². The van der Waals surface area contributed by atoms with Crippen molar-refractivity contribution >= 4 is 22.1 Å². The number of anilines is 1. The Morgan fingerprint density at radius 1 is 1.40 bits per heavy atom. The SMILES string of the molecule is Nc1cn2nc(-c3cccnc3)sc2n1. The Bertz CT molecular complexity index is 566. The molecule has 5 nitrogen and oxygen atoms in total. The summed E-state index contributed by atoms with van der Waals surface area (Å²) in [7, 11) is 0. The number of nitrogen functional groups attached to an aromatic ring is 1. The highest BCUT2D eigenvalue weighted by Crippen LogP contribution is 2.24. The molecule has 0 radical (unpaired) electrons. The molecule has 0 fully saturated rings. The molecule has 6 heteroatoms. The molecule has 0 atom stereocenters. The summed E-state index contributed by atoms with van der Waals surface area (Å²) < 4.78 is 1.68. The van der Waals surface area contributed by atoms with Gasteiger partial charge in [0, 0.05) is 18.0 Å². The van der Waals surface area contributed by atoms with Crippen LogP contribution in [0.2, 0.25) is 0 Å². The van der Waals surface area contributed by atoms with Gasteiger partial charge in [-0.15, -0.1) is 0 Å². The van der Waals surface area contributed by atoms with Crippen LogP contribution >= 0.6 is 11.3 Å². The molecule has 3 heterocycles. The van der Waals surface area contributed by atoms with E-state index in [4.69, 9.17) is 5.73 Å². The summed E-state index contributed by atoms with van der Waals surface area (Å²) in [6.45, 7) is 0. The highest BCUT2D eigenvalue weighted by molar-refractivity contribution is 7.19. The molecular formula is C9H7N5S. The Morgan fingerprint density at radius 3 is 3.07 bits per heavy atom. The topological polar surface area (TPSA) is 69.1 Å². The van der Waals surface area contributed by atoms with Crippen LogP contribution in [-0.4, -0.2) is 19.6 Å². The van der Waals surface area contributed by atoms with E-state index in [2.05, 4.69) is 15.1 Å². The predicted molar refractivity (Wildman–Crippen MR) is 58.5 cm³/mol. The maximum absolute atomic E-state index is 5.55.